The van der Waals surface area contributed by atoms with Gasteiger partial charge in [-0.1, -0.05) is 36.4 Å². The Balaban J connectivity index is 1.48. The second kappa shape index (κ2) is 6.41. The number of hydrogen-bond donors (Lipinski definition) is 1. The molecule has 0 fully saturated rings. The van der Waals surface area contributed by atoms with Crippen LogP contribution in [-0.4, -0.2) is 5.91 Å². The van der Waals surface area contributed by atoms with Gasteiger partial charge >= 0.3 is 0 Å². The predicted octanol–water partition coefficient (Wildman–Crippen LogP) is 4.38. The molecule has 0 radical (unpaired) electrons. The molecule has 4 rings (SSSR count). The van der Waals surface area contributed by atoms with Crippen LogP contribution in [-0.2, 0) is 24.1 Å². The molecule has 0 saturated heterocycles. The van der Waals surface area contributed by atoms with E-state index in [1.807, 2.05) is 18.2 Å². The highest BCUT2D eigenvalue weighted by Gasteiger charge is 2.16. The Kier molecular flexibility index (Phi) is 3.95. The molecule has 3 aromatic rings. The summed E-state index contributed by atoms with van der Waals surface area (Å²) < 4.78 is 0. The molecule has 1 N–H and O–H groups in total. The van der Waals surface area contributed by atoms with Crippen molar-refractivity contribution in [1.82, 2.24) is 0 Å². The van der Waals surface area contributed by atoms with Gasteiger partial charge in [-0.3, -0.25) is 4.79 Å². The summed E-state index contributed by atoms with van der Waals surface area (Å²) in [7, 11) is 0. The van der Waals surface area contributed by atoms with Crippen LogP contribution in [0.4, 0.5) is 5.69 Å². The fourth-order valence-electron chi connectivity index (χ4n) is 3.57. The third-order valence-electron chi connectivity index (χ3n) is 4.87. The fraction of sp³-hybridized carbons (Fsp3) is 0.182. The quantitative estimate of drug-likeness (QED) is 0.773. The molecule has 0 spiro atoms. The molecule has 0 aliphatic heterocycles. The highest BCUT2D eigenvalue weighted by atomic mass is 16.1. The third kappa shape index (κ3) is 2.99. The summed E-state index contributed by atoms with van der Waals surface area (Å²) in [6.45, 7) is 0. The number of rotatable bonds is 4. The van der Waals surface area contributed by atoms with Gasteiger partial charge in [-0.2, -0.15) is 5.26 Å². The summed E-state index contributed by atoms with van der Waals surface area (Å²) in [6.07, 6.45) is 3.26. The van der Waals surface area contributed by atoms with Gasteiger partial charge in [0.2, 0.25) is 5.91 Å². The van der Waals surface area contributed by atoms with E-state index < -0.39 is 0 Å². The van der Waals surface area contributed by atoms with Crippen LogP contribution >= 0.6 is 0 Å². The average Bonchev–Trinajstić information content (AvgIpc) is 3.07. The number of nitriles is 1. The van der Waals surface area contributed by atoms with Gasteiger partial charge in [-0.25, -0.2) is 0 Å². The first-order valence-corrected chi connectivity index (χ1v) is 8.57. The van der Waals surface area contributed by atoms with Crippen LogP contribution in [0.15, 0.2) is 54.6 Å². The third-order valence-corrected chi connectivity index (χ3v) is 4.87. The molecule has 0 heterocycles. The van der Waals surface area contributed by atoms with E-state index >= 15 is 0 Å². The lowest BCUT2D eigenvalue weighted by Crippen LogP contribution is -2.12. The number of nitrogens with one attached hydrogen (secondary N) is 1. The van der Waals surface area contributed by atoms with Crippen LogP contribution in [0, 0.1) is 11.3 Å². The summed E-state index contributed by atoms with van der Waals surface area (Å²) in [5.41, 5.74) is 5.35. The summed E-state index contributed by atoms with van der Waals surface area (Å²) in [4.78, 5) is 12.4. The minimum Gasteiger partial charge on any atom is -0.326 e. The maximum atomic E-state index is 12.4. The van der Waals surface area contributed by atoms with Crippen LogP contribution in [0.5, 0.6) is 0 Å². The zero-order valence-electron chi connectivity index (χ0n) is 13.9. The molecule has 0 unspecified atom stereocenters. The number of nitrogens with zero attached hydrogens (tertiary/aromatic N) is 1. The number of aryl methyl sites for hydroxylation is 3. The molecule has 1 amide bonds. The van der Waals surface area contributed by atoms with E-state index in [2.05, 4.69) is 35.7 Å². The molecule has 1 aliphatic carbocycles. The van der Waals surface area contributed by atoms with E-state index in [0.717, 1.165) is 29.5 Å². The predicted molar refractivity (Wildman–Crippen MR) is 99.5 cm³/mol. The van der Waals surface area contributed by atoms with Crippen LogP contribution in [0.25, 0.3) is 10.8 Å². The molecule has 0 aromatic heterocycles. The van der Waals surface area contributed by atoms with E-state index in [1.165, 1.54) is 16.5 Å². The van der Waals surface area contributed by atoms with Crippen LogP contribution in [0.3, 0.4) is 0 Å². The summed E-state index contributed by atoms with van der Waals surface area (Å²) in [6, 6.07) is 20.0. The first-order valence-electron chi connectivity index (χ1n) is 8.57. The van der Waals surface area contributed by atoms with E-state index in [9.17, 15) is 4.79 Å². The molecular formula is C22H18N2O. The van der Waals surface area contributed by atoms with Crippen molar-refractivity contribution < 1.29 is 4.79 Å². The minimum atomic E-state index is 0.0167. The molecule has 3 aromatic carbocycles. The number of benzene rings is 3. The standard InChI is InChI=1S/C22H18N2O/c23-14-16-6-4-15(5-7-16)8-13-21(25)24-20-12-11-18-10-9-17-2-1-3-19(20)22(17)18/h1-7,11-12H,8-10,13H2,(H,24,25). The van der Waals surface area contributed by atoms with Crippen molar-refractivity contribution in [2.75, 3.05) is 5.32 Å². The van der Waals surface area contributed by atoms with E-state index in [1.54, 1.807) is 12.1 Å². The van der Waals surface area contributed by atoms with Crippen molar-refractivity contribution in [3.63, 3.8) is 0 Å². The second-order valence-electron chi connectivity index (χ2n) is 6.47. The normalized spacial score (nSPS) is 12.1. The smallest absolute Gasteiger partial charge is 0.224 e. The Hall–Kier alpha value is -3.12. The van der Waals surface area contributed by atoms with Gasteiger partial charge in [0.25, 0.3) is 0 Å². The van der Waals surface area contributed by atoms with Crippen molar-refractivity contribution in [3.8, 4) is 6.07 Å². The van der Waals surface area contributed by atoms with Crippen molar-refractivity contribution in [1.29, 1.82) is 5.26 Å². The lowest BCUT2D eigenvalue weighted by molar-refractivity contribution is -0.116. The molecule has 0 saturated carbocycles. The van der Waals surface area contributed by atoms with E-state index in [-0.39, 0.29) is 5.91 Å². The number of amides is 1. The molecule has 0 bridgehead atoms. The zero-order valence-corrected chi connectivity index (χ0v) is 13.9. The van der Waals surface area contributed by atoms with Gasteiger partial charge in [-0.05, 0) is 59.5 Å². The van der Waals surface area contributed by atoms with Crippen LogP contribution in [0.2, 0.25) is 0 Å². The van der Waals surface area contributed by atoms with E-state index in [4.69, 9.17) is 5.26 Å². The van der Waals surface area contributed by atoms with Gasteiger partial charge in [0.1, 0.15) is 0 Å². The fourth-order valence-corrected chi connectivity index (χ4v) is 3.57. The van der Waals surface area contributed by atoms with Crippen molar-refractivity contribution >= 4 is 22.4 Å². The monoisotopic (exact) mass is 326 g/mol. The Labute approximate surface area is 146 Å². The van der Waals surface area contributed by atoms with Crippen LogP contribution in [0.1, 0.15) is 28.7 Å². The molecule has 3 heteroatoms. The Bertz CT molecular complexity index is 987. The molecule has 25 heavy (non-hydrogen) atoms. The lowest BCUT2D eigenvalue weighted by atomic mass is 10.0. The summed E-state index contributed by atoms with van der Waals surface area (Å²) >= 11 is 0. The zero-order chi connectivity index (χ0) is 17.2. The second-order valence-corrected chi connectivity index (χ2v) is 6.47. The van der Waals surface area contributed by atoms with Gasteiger partial charge < -0.3 is 5.32 Å². The number of hydrogen-bond acceptors (Lipinski definition) is 2. The SMILES string of the molecule is N#Cc1ccc(CCC(=O)Nc2ccc3c4c(cccc24)CC3)cc1. The number of anilines is 1. The Morgan fingerprint density at radius 1 is 1.00 bits per heavy atom. The largest absolute Gasteiger partial charge is 0.326 e. The van der Waals surface area contributed by atoms with Crippen molar-refractivity contribution in [2.24, 2.45) is 0 Å². The van der Waals surface area contributed by atoms with E-state index in [0.29, 0.717) is 18.4 Å². The minimum absolute atomic E-state index is 0.0167. The van der Waals surface area contributed by atoms with Gasteiger partial charge in [-0.15, -0.1) is 0 Å². The molecule has 0 atom stereocenters. The van der Waals surface area contributed by atoms with Gasteiger partial charge in [0.05, 0.1) is 11.6 Å². The highest BCUT2D eigenvalue weighted by molar-refractivity contribution is 6.05. The first-order chi connectivity index (χ1) is 12.2. The molecule has 122 valence electrons. The molecule has 3 nitrogen and oxygen atoms in total. The Morgan fingerprint density at radius 2 is 1.76 bits per heavy atom. The maximum absolute atomic E-state index is 12.4. The summed E-state index contributed by atoms with van der Waals surface area (Å²) in [5.74, 6) is 0.0167. The average molecular weight is 326 g/mol. The lowest BCUT2D eigenvalue weighted by Gasteiger charge is -2.10. The number of carbonyl (C=O) groups excluding carboxylic acids is 1. The van der Waals surface area contributed by atoms with Gasteiger partial charge in [0, 0.05) is 17.5 Å². The highest BCUT2D eigenvalue weighted by Crippen LogP contribution is 2.35. The first kappa shape index (κ1) is 15.4. The van der Waals surface area contributed by atoms with Crippen molar-refractivity contribution in [2.45, 2.75) is 25.7 Å². The topological polar surface area (TPSA) is 52.9 Å². The molecule has 1 aliphatic rings. The van der Waals surface area contributed by atoms with Gasteiger partial charge in [0.15, 0.2) is 0 Å². The van der Waals surface area contributed by atoms with Crippen molar-refractivity contribution in [3.05, 3.63) is 76.9 Å². The summed E-state index contributed by atoms with van der Waals surface area (Å²) in [5, 5.41) is 14.3. The molecular weight excluding hydrogens is 308 g/mol. The maximum Gasteiger partial charge on any atom is 0.224 e. The Morgan fingerprint density at radius 3 is 2.52 bits per heavy atom. The van der Waals surface area contributed by atoms with Crippen LogP contribution < -0.4 is 5.32 Å². The number of carbonyl (C=O) groups is 1.